The van der Waals surface area contributed by atoms with Crippen molar-refractivity contribution in [3.05, 3.63) is 24.3 Å². The number of benzene rings is 1. The van der Waals surface area contributed by atoms with Crippen LogP contribution in [0, 0.1) is 0 Å². The monoisotopic (exact) mass is 362 g/mol. The molecule has 142 valence electrons. The first kappa shape index (κ1) is 18.5. The molecule has 0 aromatic heterocycles. The van der Waals surface area contributed by atoms with Crippen LogP contribution in [0.25, 0.3) is 0 Å². The zero-order chi connectivity index (χ0) is 18.7. The van der Waals surface area contributed by atoms with Crippen LogP contribution < -0.4 is 19.7 Å². The van der Waals surface area contributed by atoms with Crippen LogP contribution >= 0.6 is 0 Å². The minimum Gasteiger partial charge on any atom is -0.485 e. The molecule has 0 spiro atoms. The minimum atomic E-state index is -0.604. The summed E-state index contributed by atoms with van der Waals surface area (Å²) < 4.78 is 11.5. The third-order valence-electron chi connectivity index (χ3n) is 4.94. The molecule has 26 heavy (non-hydrogen) atoms. The molecule has 2 N–H and O–H groups in total. The number of ether oxygens (including phenoxy) is 2. The summed E-state index contributed by atoms with van der Waals surface area (Å²) in [6, 6.07) is 7.41. The zero-order valence-electron chi connectivity index (χ0n) is 15.7. The second-order valence-corrected chi connectivity index (χ2v) is 7.23. The van der Waals surface area contributed by atoms with E-state index < -0.39 is 6.10 Å². The van der Waals surface area contributed by atoms with Crippen LogP contribution in [0.1, 0.15) is 20.8 Å². The Labute approximate surface area is 154 Å². The van der Waals surface area contributed by atoms with Crippen molar-refractivity contribution in [1.82, 2.24) is 10.2 Å². The minimum absolute atomic E-state index is 0.0437. The van der Waals surface area contributed by atoms with E-state index in [0.29, 0.717) is 24.6 Å². The van der Waals surface area contributed by atoms with Gasteiger partial charge in [0.25, 0.3) is 11.8 Å². The summed E-state index contributed by atoms with van der Waals surface area (Å²) in [5.41, 5.74) is 0. The number of nitrogens with one attached hydrogen (secondary N) is 2. The molecular formula is C19H28N3O4+. The fraction of sp³-hybridized carbons (Fsp3) is 0.579. The van der Waals surface area contributed by atoms with E-state index in [-0.39, 0.29) is 30.5 Å². The number of quaternary nitrogens is 1. The Balaban J connectivity index is 1.52. The van der Waals surface area contributed by atoms with Crippen molar-refractivity contribution in [1.29, 1.82) is 0 Å². The molecule has 1 saturated heterocycles. The molecule has 3 rings (SSSR count). The van der Waals surface area contributed by atoms with Gasteiger partial charge in [0.2, 0.25) is 6.10 Å². The van der Waals surface area contributed by atoms with E-state index in [1.54, 1.807) is 0 Å². The summed E-state index contributed by atoms with van der Waals surface area (Å²) in [7, 11) is 0. The van der Waals surface area contributed by atoms with Crippen LogP contribution in [0.4, 0.5) is 0 Å². The number of fused-ring (bicyclic) bond motifs is 1. The Bertz CT molecular complexity index is 656. The normalized spacial score (nSPS) is 21.4. The second-order valence-electron chi connectivity index (χ2n) is 7.23. The molecule has 1 fully saturated rings. The van der Waals surface area contributed by atoms with Crippen molar-refractivity contribution in [3.8, 4) is 11.5 Å². The second kappa shape index (κ2) is 7.95. The molecule has 7 nitrogen and oxygen atoms in total. The van der Waals surface area contributed by atoms with Gasteiger partial charge in [-0.05, 0) is 32.9 Å². The van der Waals surface area contributed by atoms with Crippen molar-refractivity contribution in [3.63, 3.8) is 0 Å². The van der Waals surface area contributed by atoms with Crippen molar-refractivity contribution >= 4 is 11.8 Å². The quantitative estimate of drug-likeness (QED) is 0.755. The first-order valence-electron chi connectivity index (χ1n) is 9.28. The van der Waals surface area contributed by atoms with E-state index >= 15 is 0 Å². The molecule has 2 amide bonds. The molecule has 0 radical (unpaired) electrons. The number of nitrogens with zero attached hydrogens (tertiary/aromatic N) is 1. The molecule has 0 aliphatic carbocycles. The van der Waals surface area contributed by atoms with Gasteiger partial charge in [0.1, 0.15) is 6.61 Å². The maximum Gasteiger partial charge on any atom is 0.278 e. The Morgan fingerprint density at radius 2 is 1.81 bits per heavy atom. The van der Waals surface area contributed by atoms with Crippen LogP contribution in [0.3, 0.4) is 0 Å². The summed E-state index contributed by atoms with van der Waals surface area (Å²) in [6.45, 7) is 8.84. The third-order valence-corrected chi connectivity index (χ3v) is 4.94. The Kier molecular flexibility index (Phi) is 5.66. The van der Waals surface area contributed by atoms with Crippen molar-refractivity contribution in [2.75, 3.05) is 32.8 Å². The highest BCUT2D eigenvalue weighted by atomic mass is 16.6. The van der Waals surface area contributed by atoms with E-state index in [1.165, 1.54) is 4.90 Å². The lowest BCUT2D eigenvalue weighted by Gasteiger charge is -2.37. The van der Waals surface area contributed by atoms with E-state index in [4.69, 9.17) is 9.47 Å². The number of hydrogen-bond acceptors (Lipinski definition) is 4. The van der Waals surface area contributed by atoms with Gasteiger partial charge in [0, 0.05) is 6.04 Å². The molecule has 0 unspecified atom stereocenters. The Morgan fingerprint density at radius 3 is 2.46 bits per heavy atom. The lowest BCUT2D eigenvalue weighted by atomic mass is 10.2. The topological polar surface area (TPSA) is 72.3 Å². The number of hydrogen-bond donors (Lipinski definition) is 2. The fourth-order valence-electron chi connectivity index (χ4n) is 3.39. The average molecular weight is 362 g/mol. The maximum atomic E-state index is 12.8. The Hall–Kier alpha value is -2.28. The van der Waals surface area contributed by atoms with Crippen LogP contribution in [-0.4, -0.2) is 67.7 Å². The zero-order valence-corrected chi connectivity index (χ0v) is 15.7. The number of amides is 2. The highest BCUT2D eigenvalue weighted by Gasteiger charge is 2.35. The summed E-state index contributed by atoms with van der Waals surface area (Å²) in [6.07, 6.45) is -0.604. The average Bonchev–Trinajstić information content (AvgIpc) is 2.66. The number of carbonyl (C=O) groups is 2. The summed E-state index contributed by atoms with van der Waals surface area (Å²) in [4.78, 5) is 28.0. The van der Waals surface area contributed by atoms with Crippen LogP contribution in [0.2, 0.25) is 0 Å². The van der Waals surface area contributed by atoms with Gasteiger partial charge in [-0.15, -0.1) is 0 Å². The molecule has 0 saturated carbocycles. The van der Waals surface area contributed by atoms with Crippen molar-refractivity contribution in [2.24, 2.45) is 0 Å². The predicted octanol–water partition coefficient (Wildman–Crippen LogP) is -0.533. The molecule has 7 heteroatoms. The van der Waals surface area contributed by atoms with E-state index in [1.807, 2.05) is 49.9 Å². The standard InChI is InChI=1S/C19H27N3O4/c1-13(2)20-18(23)14(3)21-8-10-22(11-9-21)19(24)17-12-25-15-6-4-5-7-16(15)26-17/h4-7,13-14,17H,8-12H2,1-3H3,(H,20,23)/p+1/t14-,17+/m0/s1. The maximum absolute atomic E-state index is 12.8. The highest BCUT2D eigenvalue weighted by molar-refractivity contribution is 5.82. The van der Waals surface area contributed by atoms with Gasteiger partial charge >= 0.3 is 0 Å². The van der Waals surface area contributed by atoms with Gasteiger partial charge in [-0.25, -0.2) is 0 Å². The third kappa shape index (κ3) is 4.09. The number of piperazine rings is 1. The van der Waals surface area contributed by atoms with Crippen molar-refractivity contribution in [2.45, 2.75) is 39.0 Å². The molecule has 1 aromatic carbocycles. The summed E-state index contributed by atoms with van der Waals surface area (Å²) in [5.74, 6) is 1.31. The van der Waals surface area contributed by atoms with E-state index in [0.717, 1.165) is 13.1 Å². The smallest absolute Gasteiger partial charge is 0.278 e. The van der Waals surface area contributed by atoms with Crippen LogP contribution in [0.15, 0.2) is 24.3 Å². The SMILES string of the molecule is CC(C)NC(=O)[C@H](C)[NH+]1CCN(C(=O)[C@H]2COc3ccccc3O2)CC1. The number of carbonyl (C=O) groups excluding carboxylic acids is 2. The largest absolute Gasteiger partial charge is 0.485 e. The van der Waals surface area contributed by atoms with Gasteiger partial charge in [-0.3, -0.25) is 9.59 Å². The first-order valence-corrected chi connectivity index (χ1v) is 9.28. The highest BCUT2D eigenvalue weighted by Crippen LogP contribution is 2.31. The molecule has 2 aliphatic heterocycles. The molecular weight excluding hydrogens is 334 g/mol. The number of rotatable bonds is 4. The summed E-state index contributed by atoms with van der Waals surface area (Å²) >= 11 is 0. The fourth-order valence-corrected chi connectivity index (χ4v) is 3.39. The number of para-hydroxylation sites is 2. The lowest BCUT2D eigenvalue weighted by Crippen LogP contribution is -3.19. The van der Waals surface area contributed by atoms with Crippen LogP contribution in [0.5, 0.6) is 11.5 Å². The molecule has 2 aliphatic rings. The van der Waals surface area contributed by atoms with Gasteiger partial charge in [-0.1, -0.05) is 12.1 Å². The van der Waals surface area contributed by atoms with Gasteiger partial charge in [0.05, 0.1) is 26.2 Å². The van der Waals surface area contributed by atoms with E-state index in [2.05, 4.69) is 5.32 Å². The van der Waals surface area contributed by atoms with Crippen molar-refractivity contribution < 1.29 is 24.0 Å². The molecule has 2 atom stereocenters. The van der Waals surface area contributed by atoms with E-state index in [9.17, 15) is 9.59 Å². The first-order chi connectivity index (χ1) is 12.5. The Morgan fingerprint density at radius 1 is 1.15 bits per heavy atom. The molecule has 2 heterocycles. The van der Waals surface area contributed by atoms with Gasteiger partial charge < -0.3 is 24.6 Å². The van der Waals surface area contributed by atoms with Gasteiger partial charge in [0.15, 0.2) is 17.5 Å². The molecule has 1 aromatic rings. The lowest BCUT2D eigenvalue weighted by molar-refractivity contribution is -0.918. The molecule has 0 bridgehead atoms. The van der Waals surface area contributed by atoms with Crippen LogP contribution in [-0.2, 0) is 9.59 Å². The summed E-state index contributed by atoms with van der Waals surface area (Å²) in [5, 5.41) is 2.96. The van der Waals surface area contributed by atoms with Gasteiger partial charge in [-0.2, -0.15) is 0 Å². The predicted molar refractivity (Wildman–Crippen MR) is 96.4 cm³/mol.